The van der Waals surface area contributed by atoms with E-state index in [0.717, 1.165) is 33.7 Å². The highest BCUT2D eigenvalue weighted by Gasteiger charge is 2.16. The average molecular weight is 324 g/mol. The molecule has 3 N–H and O–H groups in total. The third-order valence-electron chi connectivity index (χ3n) is 4.77. The van der Waals surface area contributed by atoms with Crippen molar-refractivity contribution in [2.24, 2.45) is 0 Å². The Kier molecular flexibility index (Phi) is 4.18. The van der Waals surface area contributed by atoms with Crippen LogP contribution in [0.4, 0.5) is 0 Å². The van der Waals surface area contributed by atoms with Crippen molar-refractivity contribution in [3.8, 4) is 0 Å². The molecular formula is C19H24N4O. The Morgan fingerprint density at radius 1 is 1.04 bits per heavy atom. The SMILES string of the molecule is Cc1n[nH]c(C)c1CNC(=O)Cc1c(C)[nH]c2c(C)ccc(C)c12. The van der Waals surface area contributed by atoms with Crippen molar-refractivity contribution in [2.45, 2.75) is 47.6 Å². The lowest BCUT2D eigenvalue weighted by Gasteiger charge is -2.07. The Bertz CT molecular complexity index is 898. The number of carbonyl (C=O) groups excluding carboxylic acids is 1. The van der Waals surface area contributed by atoms with Crippen molar-refractivity contribution in [3.63, 3.8) is 0 Å². The van der Waals surface area contributed by atoms with Gasteiger partial charge in [-0.2, -0.15) is 5.10 Å². The van der Waals surface area contributed by atoms with Crippen LogP contribution in [0.3, 0.4) is 0 Å². The maximum Gasteiger partial charge on any atom is 0.224 e. The van der Waals surface area contributed by atoms with Crippen LogP contribution >= 0.6 is 0 Å². The summed E-state index contributed by atoms with van der Waals surface area (Å²) in [6.45, 7) is 10.6. The van der Waals surface area contributed by atoms with Gasteiger partial charge in [0.15, 0.2) is 0 Å². The number of hydrogen-bond donors (Lipinski definition) is 3. The number of rotatable bonds is 4. The summed E-state index contributed by atoms with van der Waals surface area (Å²) in [5.74, 6) is 0.0277. The van der Waals surface area contributed by atoms with E-state index >= 15 is 0 Å². The molecule has 0 aliphatic carbocycles. The van der Waals surface area contributed by atoms with E-state index < -0.39 is 0 Å². The molecule has 126 valence electrons. The predicted octanol–water partition coefficient (Wildman–Crippen LogP) is 3.29. The van der Waals surface area contributed by atoms with Crippen molar-refractivity contribution in [1.82, 2.24) is 20.5 Å². The van der Waals surface area contributed by atoms with Gasteiger partial charge in [0, 0.05) is 34.4 Å². The van der Waals surface area contributed by atoms with Gasteiger partial charge in [-0.05, 0) is 51.3 Å². The van der Waals surface area contributed by atoms with Gasteiger partial charge in [-0.15, -0.1) is 0 Å². The van der Waals surface area contributed by atoms with Crippen molar-refractivity contribution >= 4 is 16.8 Å². The number of nitrogens with zero attached hydrogens (tertiary/aromatic N) is 1. The lowest BCUT2D eigenvalue weighted by molar-refractivity contribution is -0.120. The van der Waals surface area contributed by atoms with Gasteiger partial charge < -0.3 is 10.3 Å². The van der Waals surface area contributed by atoms with Crippen LogP contribution in [-0.2, 0) is 17.8 Å². The number of hydrogen-bond acceptors (Lipinski definition) is 2. The molecule has 0 fully saturated rings. The zero-order valence-corrected chi connectivity index (χ0v) is 14.9. The highest BCUT2D eigenvalue weighted by atomic mass is 16.1. The first-order valence-electron chi connectivity index (χ1n) is 8.23. The standard InChI is InChI=1S/C19H24N4O/c1-10-6-7-11(2)19-18(10)15(12(3)21-19)8-17(24)20-9-16-13(4)22-23-14(16)5/h6-7,21H,8-9H2,1-5H3,(H,20,24)(H,22,23). The lowest BCUT2D eigenvalue weighted by Crippen LogP contribution is -2.25. The van der Waals surface area contributed by atoms with Crippen LogP contribution in [0.2, 0.25) is 0 Å². The monoisotopic (exact) mass is 324 g/mol. The van der Waals surface area contributed by atoms with Gasteiger partial charge in [-0.25, -0.2) is 0 Å². The average Bonchev–Trinajstić information content (AvgIpc) is 3.03. The molecule has 5 nitrogen and oxygen atoms in total. The Balaban J connectivity index is 1.81. The summed E-state index contributed by atoms with van der Waals surface area (Å²) < 4.78 is 0. The van der Waals surface area contributed by atoms with E-state index in [-0.39, 0.29) is 5.91 Å². The summed E-state index contributed by atoms with van der Waals surface area (Å²) in [7, 11) is 0. The second kappa shape index (κ2) is 6.15. The molecular weight excluding hydrogens is 300 g/mol. The molecule has 0 aliphatic heterocycles. The molecule has 1 aromatic carbocycles. The van der Waals surface area contributed by atoms with Crippen LogP contribution in [0.25, 0.3) is 10.9 Å². The van der Waals surface area contributed by atoms with Crippen molar-refractivity contribution in [2.75, 3.05) is 0 Å². The topological polar surface area (TPSA) is 73.6 Å². The number of amides is 1. The lowest BCUT2D eigenvalue weighted by atomic mass is 10.0. The minimum Gasteiger partial charge on any atom is -0.358 e. The van der Waals surface area contributed by atoms with Gasteiger partial charge in [-0.3, -0.25) is 9.89 Å². The number of benzene rings is 1. The van der Waals surface area contributed by atoms with E-state index in [1.807, 2.05) is 20.8 Å². The molecule has 2 aromatic heterocycles. The van der Waals surface area contributed by atoms with Gasteiger partial charge in [0.1, 0.15) is 0 Å². The largest absolute Gasteiger partial charge is 0.358 e. The van der Waals surface area contributed by atoms with Crippen LogP contribution in [0.1, 0.15) is 39.3 Å². The fraction of sp³-hybridized carbons (Fsp3) is 0.368. The van der Waals surface area contributed by atoms with Crippen LogP contribution < -0.4 is 5.32 Å². The third kappa shape index (κ3) is 2.82. The number of aromatic nitrogens is 3. The molecule has 0 radical (unpaired) electrons. The van der Waals surface area contributed by atoms with Gasteiger partial charge in [0.05, 0.1) is 12.1 Å². The quantitative estimate of drug-likeness (QED) is 0.689. The maximum absolute atomic E-state index is 12.5. The van der Waals surface area contributed by atoms with Crippen LogP contribution in [0.5, 0.6) is 0 Å². The van der Waals surface area contributed by atoms with Crippen LogP contribution in [-0.4, -0.2) is 21.1 Å². The van der Waals surface area contributed by atoms with Crippen molar-refractivity contribution in [1.29, 1.82) is 0 Å². The Labute approximate surface area is 141 Å². The first-order chi connectivity index (χ1) is 11.4. The molecule has 3 aromatic rings. The van der Waals surface area contributed by atoms with E-state index in [9.17, 15) is 4.79 Å². The summed E-state index contributed by atoms with van der Waals surface area (Å²) in [5.41, 5.74) is 8.68. The maximum atomic E-state index is 12.5. The molecule has 0 unspecified atom stereocenters. The zero-order valence-electron chi connectivity index (χ0n) is 14.9. The predicted molar refractivity (Wildman–Crippen MR) is 96.1 cm³/mol. The molecule has 0 spiro atoms. The highest BCUT2D eigenvalue weighted by molar-refractivity contribution is 5.93. The van der Waals surface area contributed by atoms with E-state index in [1.165, 1.54) is 16.5 Å². The smallest absolute Gasteiger partial charge is 0.224 e. The summed E-state index contributed by atoms with van der Waals surface area (Å²) >= 11 is 0. The van der Waals surface area contributed by atoms with Crippen LogP contribution in [0.15, 0.2) is 12.1 Å². The van der Waals surface area contributed by atoms with Crippen molar-refractivity contribution in [3.05, 3.63) is 51.5 Å². The molecule has 0 bridgehead atoms. The number of aromatic amines is 2. The van der Waals surface area contributed by atoms with Gasteiger partial charge in [-0.1, -0.05) is 12.1 Å². The molecule has 0 atom stereocenters. The van der Waals surface area contributed by atoms with Gasteiger partial charge in [0.25, 0.3) is 0 Å². The molecule has 24 heavy (non-hydrogen) atoms. The molecule has 5 heteroatoms. The van der Waals surface area contributed by atoms with E-state index in [0.29, 0.717) is 13.0 Å². The molecule has 2 heterocycles. The summed E-state index contributed by atoms with van der Waals surface area (Å²) in [5, 5.41) is 11.3. The minimum absolute atomic E-state index is 0.0277. The zero-order chi connectivity index (χ0) is 17.4. The highest BCUT2D eigenvalue weighted by Crippen LogP contribution is 2.28. The Hall–Kier alpha value is -2.56. The van der Waals surface area contributed by atoms with E-state index in [1.54, 1.807) is 0 Å². The van der Waals surface area contributed by atoms with Crippen molar-refractivity contribution < 1.29 is 4.79 Å². The fourth-order valence-electron chi connectivity index (χ4n) is 3.28. The number of nitrogens with one attached hydrogen (secondary N) is 3. The number of carbonyl (C=O) groups is 1. The Morgan fingerprint density at radius 2 is 1.75 bits per heavy atom. The van der Waals surface area contributed by atoms with E-state index in [2.05, 4.69) is 46.5 Å². The number of aryl methyl sites for hydroxylation is 5. The van der Waals surface area contributed by atoms with Gasteiger partial charge in [0.2, 0.25) is 5.91 Å². The normalized spacial score (nSPS) is 11.2. The molecule has 0 aliphatic rings. The molecule has 0 saturated carbocycles. The van der Waals surface area contributed by atoms with Crippen LogP contribution in [0, 0.1) is 34.6 Å². The fourth-order valence-corrected chi connectivity index (χ4v) is 3.28. The first kappa shape index (κ1) is 16.3. The summed E-state index contributed by atoms with van der Waals surface area (Å²) in [4.78, 5) is 15.9. The van der Waals surface area contributed by atoms with Gasteiger partial charge >= 0.3 is 0 Å². The summed E-state index contributed by atoms with van der Waals surface area (Å²) in [6.07, 6.45) is 0.381. The second-order valence-electron chi connectivity index (χ2n) is 6.54. The summed E-state index contributed by atoms with van der Waals surface area (Å²) in [6, 6.07) is 4.23. The third-order valence-corrected chi connectivity index (χ3v) is 4.77. The minimum atomic E-state index is 0.0277. The van der Waals surface area contributed by atoms with E-state index in [4.69, 9.17) is 0 Å². The molecule has 1 amide bonds. The first-order valence-corrected chi connectivity index (χ1v) is 8.23. The second-order valence-corrected chi connectivity index (χ2v) is 6.54. The number of fused-ring (bicyclic) bond motifs is 1. The molecule has 0 saturated heterocycles. The number of H-pyrrole nitrogens is 2. The molecule has 3 rings (SSSR count). The Morgan fingerprint density at radius 3 is 2.42 bits per heavy atom.